The Morgan fingerprint density at radius 1 is 0.677 bits per heavy atom. The summed E-state index contributed by atoms with van der Waals surface area (Å²) in [6, 6.07) is 10.5. The Hall–Kier alpha value is -4.09. The number of rotatable bonds is 5. The van der Waals surface area contributed by atoms with Gasteiger partial charge < -0.3 is 14.9 Å². The maximum atomic E-state index is 12.3. The van der Waals surface area contributed by atoms with Crippen molar-refractivity contribution in [3.8, 4) is 0 Å². The fourth-order valence-electron chi connectivity index (χ4n) is 2.74. The number of benzene rings is 3. The average Bonchev–Trinajstić information content (AvgIpc) is 2.71. The van der Waals surface area contributed by atoms with Crippen LogP contribution in [0.25, 0.3) is 10.8 Å². The van der Waals surface area contributed by atoms with Gasteiger partial charge in [0.25, 0.3) is 10.1 Å². The highest BCUT2D eigenvalue weighted by Gasteiger charge is 2.25. The van der Waals surface area contributed by atoms with E-state index in [4.69, 9.17) is 10.2 Å². The van der Waals surface area contributed by atoms with Crippen LogP contribution in [0.4, 0.5) is 0 Å². The normalized spacial score (nSPS) is 11.1. The number of ether oxygens (including phenoxy) is 1. The highest BCUT2D eigenvalue weighted by molar-refractivity contribution is 7.86. The van der Waals surface area contributed by atoms with Crippen LogP contribution in [0.15, 0.2) is 59.5 Å². The molecular weight excluding hydrogens is 432 g/mol. The van der Waals surface area contributed by atoms with Crippen molar-refractivity contribution in [3.63, 3.8) is 0 Å². The van der Waals surface area contributed by atoms with Gasteiger partial charge in [-0.1, -0.05) is 12.1 Å². The fourth-order valence-corrected chi connectivity index (χ4v) is 3.45. The summed E-state index contributed by atoms with van der Waals surface area (Å²) in [5.41, 5.74) is -1.28. The van der Waals surface area contributed by atoms with Gasteiger partial charge in [-0.05, 0) is 53.2 Å². The summed E-state index contributed by atoms with van der Waals surface area (Å²) < 4.78 is 37.1. The minimum absolute atomic E-state index is 0.0422. The molecule has 0 amide bonds. The Bertz CT molecular complexity index is 1370. The second kappa shape index (κ2) is 7.97. The summed E-state index contributed by atoms with van der Waals surface area (Å²) in [6.07, 6.45) is 0. The van der Waals surface area contributed by atoms with Gasteiger partial charge in [0, 0.05) is 0 Å². The Morgan fingerprint density at radius 2 is 1.16 bits per heavy atom. The van der Waals surface area contributed by atoms with E-state index < -0.39 is 50.0 Å². The van der Waals surface area contributed by atoms with Gasteiger partial charge in [0.15, 0.2) is 0 Å². The van der Waals surface area contributed by atoms with Crippen molar-refractivity contribution in [1.82, 2.24) is 0 Å². The molecule has 0 aromatic heterocycles. The maximum absolute atomic E-state index is 12.3. The number of fused-ring (bicyclic) bond motifs is 1. The van der Waals surface area contributed by atoms with Crippen molar-refractivity contribution >= 4 is 44.8 Å². The molecule has 3 rings (SSSR count). The van der Waals surface area contributed by atoms with Gasteiger partial charge in [-0.25, -0.2) is 19.2 Å². The van der Waals surface area contributed by atoms with E-state index in [-0.39, 0.29) is 11.1 Å². The molecule has 0 aliphatic heterocycles. The molecule has 0 bridgehead atoms. The number of hydrogen-bond acceptors (Lipinski definition) is 7. The third-order valence-electron chi connectivity index (χ3n) is 4.23. The van der Waals surface area contributed by atoms with Gasteiger partial charge in [-0.3, -0.25) is 4.55 Å². The molecule has 31 heavy (non-hydrogen) atoms. The summed E-state index contributed by atoms with van der Waals surface area (Å²) >= 11 is 0. The average molecular weight is 444 g/mol. The van der Waals surface area contributed by atoms with Crippen molar-refractivity contribution < 1.29 is 47.1 Å². The molecule has 10 nitrogen and oxygen atoms in total. The molecule has 0 unspecified atom stereocenters. The molecule has 0 saturated carbocycles. The van der Waals surface area contributed by atoms with Crippen molar-refractivity contribution in [3.05, 3.63) is 76.9 Å². The van der Waals surface area contributed by atoms with Gasteiger partial charge >= 0.3 is 23.9 Å². The number of hydrogen-bond donors (Lipinski definition) is 3. The van der Waals surface area contributed by atoms with E-state index in [9.17, 15) is 32.1 Å². The molecule has 11 heteroatoms. The number of carboxylic acid groups (broad SMARTS) is 2. The molecular formula is C20H12O10S. The van der Waals surface area contributed by atoms with Crippen molar-refractivity contribution in [2.75, 3.05) is 0 Å². The first-order valence-corrected chi connectivity index (χ1v) is 9.80. The summed E-state index contributed by atoms with van der Waals surface area (Å²) in [6.45, 7) is 0. The minimum Gasteiger partial charge on any atom is -0.478 e. The lowest BCUT2D eigenvalue weighted by Gasteiger charge is -2.08. The summed E-state index contributed by atoms with van der Waals surface area (Å²) in [4.78, 5) is 45.7. The van der Waals surface area contributed by atoms with E-state index in [1.165, 1.54) is 36.4 Å². The van der Waals surface area contributed by atoms with Crippen LogP contribution in [-0.4, -0.2) is 47.1 Å². The molecule has 0 aliphatic rings. The Labute approximate surface area is 174 Å². The summed E-state index contributed by atoms with van der Waals surface area (Å²) in [7, 11) is -5.00. The molecule has 0 spiro atoms. The SMILES string of the molecule is O=C(O)c1ccc(C(=O)OC(=O)c2ccc3cc(C(=O)O)ccc3c2)c(S(=O)(=O)O)c1. The standard InChI is InChI=1S/C20H12O10S/c21-17(22)12-3-1-11-8-14(4-2-10(11)7-12)19(25)30-20(26)15-6-5-13(18(23)24)9-16(15)31(27,28)29/h1-9H,(H,21,22)(H,23,24)(H,27,28,29). The van der Waals surface area contributed by atoms with Crippen LogP contribution in [-0.2, 0) is 14.9 Å². The van der Waals surface area contributed by atoms with Gasteiger partial charge in [-0.2, -0.15) is 8.42 Å². The Balaban J connectivity index is 1.91. The van der Waals surface area contributed by atoms with Gasteiger partial charge in [0.1, 0.15) is 4.90 Å². The zero-order valence-corrected chi connectivity index (χ0v) is 16.1. The highest BCUT2D eigenvalue weighted by Crippen LogP contribution is 2.22. The third-order valence-corrected chi connectivity index (χ3v) is 5.13. The quantitative estimate of drug-likeness (QED) is 0.301. The molecule has 0 saturated heterocycles. The van der Waals surface area contributed by atoms with Crippen molar-refractivity contribution in [2.45, 2.75) is 4.90 Å². The molecule has 0 aliphatic carbocycles. The van der Waals surface area contributed by atoms with E-state index >= 15 is 0 Å². The van der Waals surface area contributed by atoms with E-state index in [2.05, 4.69) is 4.74 Å². The van der Waals surface area contributed by atoms with Crippen LogP contribution in [0.5, 0.6) is 0 Å². The molecule has 0 atom stereocenters. The Kier molecular flexibility index (Phi) is 5.56. The lowest BCUT2D eigenvalue weighted by atomic mass is 10.0. The van der Waals surface area contributed by atoms with E-state index in [0.29, 0.717) is 16.8 Å². The summed E-state index contributed by atoms with van der Waals surface area (Å²) in [5, 5.41) is 19.0. The molecule has 3 aromatic rings. The third kappa shape index (κ3) is 4.57. The zero-order valence-electron chi connectivity index (χ0n) is 15.3. The lowest BCUT2D eigenvalue weighted by Crippen LogP contribution is -2.17. The monoisotopic (exact) mass is 444 g/mol. The maximum Gasteiger partial charge on any atom is 0.347 e. The summed E-state index contributed by atoms with van der Waals surface area (Å²) in [5.74, 6) is -5.18. The number of aromatic carboxylic acids is 2. The predicted molar refractivity (Wildman–Crippen MR) is 104 cm³/mol. The van der Waals surface area contributed by atoms with Crippen LogP contribution < -0.4 is 0 Å². The van der Waals surface area contributed by atoms with Crippen LogP contribution >= 0.6 is 0 Å². The predicted octanol–water partition coefficient (Wildman–Crippen LogP) is 2.48. The smallest absolute Gasteiger partial charge is 0.347 e. The molecule has 158 valence electrons. The lowest BCUT2D eigenvalue weighted by molar-refractivity contribution is 0.0393. The minimum atomic E-state index is -5.00. The molecule has 3 aromatic carbocycles. The van der Waals surface area contributed by atoms with E-state index in [1.54, 1.807) is 0 Å². The van der Waals surface area contributed by atoms with Gasteiger partial charge in [0.2, 0.25) is 0 Å². The topological polar surface area (TPSA) is 172 Å². The number of carbonyl (C=O) groups is 4. The van der Waals surface area contributed by atoms with Crippen molar-refractivity contribution in [1.29, 1.82) is 0 Å². The molecule has 3 N–H and O–H groups in total. The second-order valence-electron chi connectivity index (χ2n) is 6.25. The first-order valence-electron chi connectivity index (χ1n) is 8.36. The van der Waals surface area contributed by atoms with Crippen LogP contribution in [0.1, 0.15) is 41.4 Å². The van der Waals surface area contributed by atoms with Crippen LogP contribution in [0, 0.1) is 0 Å². The largest absolute Gasteiger partial charge is 0.478 e. The molecule has 0 radical (unpaired) electrons. The van der Waals surface area contributed by atoms with Gasteiger partial charge in [-0.15, -0.1) is 0 Å². The van der Waals surface area contributed by atoms with E-state index in [0.717, 1.165) is 12.1 Å². The van der Waals surface area contributed by atoms with Gasteiger partial charge in [0.05, 0.1) is 22.3 Å². The second-order valence-corrected chi connectivity index (χ2v) is 7.64. The van der Waals surface area contributed by atoms with Crippen LogP contribution in [0.3, 0.4) is 0 Å². The zero-order chi connectivity index (χ0) is 22.9. The number of carboxylic acids is 2. The highest BCUT2D eigenvalue weighted by atomic mass is 32.2. The first kappa shape index (κ1) is 21.6. The first-order chi connectivity index (χ1) is 14.5. The van der Waals surface area contributed by atoms with E-state index in [1.807, 2.05) is 0 Å². The van der Waals surface area contributed by atoms with Crippen LogP contribution in [0.2, 0.25) is 0 Å². The van der Waals surface area contributed by atoms with Crippen molar-refractivity contribution in [2.24, 2.45) is 0 Å². The Morgan fingerprint density at radius 3 is 1.71 bits per heavy atom. The fraction of sp³-hybridized carbons (Fsp3) is 0. The molecule has 0 fully saturated rings. The number of carbonyl (C=O) groups excluding carboxylic acids is 2. The number of esters is 2. The molecule has 0 heterocycles.